The van der Waals surface area contributed by atoms with Crippen molar-refractivity contribution in [1.82, 2.24) is 5.32 Å². The molecule has 0 aromatic rings. The number of rotatable bonds is 4. The third kappa shape index (κ3) is 4.63. The molecule has 1 N–H and O–H groups in total. The van der Waals surface area contributed by atoms with E-state index < -0.39 is 17.2 Å². The van der Waals surface area contributed by atoms with Crippen LogP contribution in [-0.4, -0.2) is 23.5 Å². The molecule has 86 valence electrons. The standard InChI is InChI=1S/C11H19NO3/c1-6-11(7-2,8-13)12-9(14)15-10(3,4)5/h6,8H,1,7H2,2-5H3,(H,12,14)/t11-/m1/s1. The van der Waals surface area contributed by atoms with Gasteiger partial charge in [-0.2, -0.15) is 0 Å². The highest BCUT2D eigenvalue weighted by molar-refractivity contribution is 5.78. The van der Waals surface area contributed by atoms with E-state index in [-0.39, 0.29) is 0 Å². The predicted octanol–water partition coefficient (Wildman–Crippen LogP) is 2.04. The van der Waals surface area contributed by atoms with Crippen LogP contribution in [0, 0.1) is 0 Å². The molecule has 0 spiro atoms. The van der Waals surface area contributed by atoms with Crippen LogP contribution in [0.4, 0.5) is 4.79 Å². The van der Waals surface area contributed by atoms with Crippen molar-refractivity contribution in [3.8, 4) is 0 Å². The van der Waals surface area contributed by atoms with Gasteiger partial charge >= 0.3 is 6.09 Å². The van der Waals surface area contributed by atoms with Crippen molar-refractivity contribution in [2.24, 2.45) is 0 Å². The molecule has 0 unspecified atom stereocenters. The molecular weight excluding hydrogens is 194 g/mol. The number of alkyl carbamates (subject to hydrolysis) is 1. The fraction of sp³-hybridized carbons (Fsp3) is 0.636. The van der Waals surface area contributed by atoms with Crippen LogP contribution in [0.25, 0.3) is 0 Å². The van der Waals surface area contributed by atoms with Crippen molar-refractivity contribution in [3.63, 3.8) is 0 Å². The van der Waals surface area contributed by atoms with Gasteiger partial charge in [0.15, 0.2) is 0 Å². The third-order valence-corrected chi connectivity index (χ3v) is 1.89. The SMILES string of the molecule is C=C[C@](C=O)(CC)NC(=O)OC(C)(C)C. The molecular formula is C11H19NO3. The molecule has 0 aliphatic rings. The molecule has 0 aliphatic heterocycles. The van der Waals surface area contributed by atoms with E-state index in [2.05, 4.69) is 11.9 Å². The predicted molar refractivity (Wildman–Crippen MR) is 58.7 cm³/mol. The lowest BCUT2D eigenvalue weighted by molar-refractivity contribution is -0.112. The van der Waals surface area contributed by atoms with Crippen molar-refractivity contribution >= 4 is 12.4 Å². The average molecular weight is 213 g/mol. The van der Waals surface area contributed by atoms with E-state index in [0.29, 0.717) is 12.7 Å². The Morgan fingerprint density at radius 3 is 2.27 bits per heavy atom. The molecule has 0 heterocycles. The molecule has 0 radical (unpaired) electrons. The average Bonchev–Trinajstić information content (AvgIpc) is 2.11. The van der Waals surface area contributed by atoms with Gasteiger partial charge < -0.3 is 14.8 Å². The van der Waals surface area contributed by atoms with Crippen LogP contribution in [0.15, 0.2) is 12.7 Å². The van der Waals surface area contributed by atoms with Gasteiger partial charge in [-0.05, 0) is 27.2 Å². The molecule has 1 atom stereocenters. The highest BCUT2D eigenvalue weighted by atomic mass is 16.6. The Labute approximate surface area is 90.7 Å². The van der Waals surface area contributed by atoms with E-state index in [4.69, 9.17) is 4.74 Å². The number of amides is 1. The second-order valence-corrected chi connectivity index (χ2v) is 4.34. The van der Waals surface area contributed by atoms with Gasteiger partial charge in [-0.1, -0.05) is 13.0 Å². The first-order valence-electron chi connectivity index (χ1n) is 4.89. The summed E-state index contributed by atoms with van der Waals surface area (Å²) in [5.41, 5.74) is -1.60. The van der Waals surface area contributed by atoms with Crippen LogP contribution in [0.3, 0.4) is 0 Å². The summed E-state index contributed by atoms with van der Waals surface area (Å²) in [6.45, 7) is 10.6. The van der Waals surface area contributed by atoms with Gasteiger partial charge in [-0.15, -0.1) is 6.58 Å². The van der Waals surface area contributed by atoms with Crippen molar-refractivity contribution in [3.05, 3.63) is 12.7 Å². The van der Waals surface area contributed by atoms with Crippen LogP contribution < -0.4 is 5.32 Å². The molecule has 0 bridgehead atoms. The van der Waals surface area contributed by atoms with Gasteiger partial charge in [0.1, 0.15) is 17.4 Å². The molecule has 15 heavy (non-hydrogen) atoms. The molecule has 0 saturated carbocycles. The third-order valence-electron chi connectivity index (χ3n) is 1.89. The van der Waals surface area contributed by atoms with Crippen LogP contribution in [0.5, 0.6) is 0 Å². The largest absolute Gasteiger partial charge is 0.444 e. The number of nitrogens with one attached hydrogen (secondary N) is 1. The van der Waals surface area contributed by atoms with Crippen molar-refractivity contribution in [2.75, 3.05) is 0 Å². The number of hydrogen-bond donors (Lipinski definition) is 1. The van der Waals surface area contributed by atoms with Crippen LogP contribution in [0.2, 0.25) is 0 Å². The Bertz CT molecular complexity index is 245. The first-order valence-corrected chi connectivity index (χ1v) is 4.89. The van der Waals surface area contributed by atoms with E-state index in [9.17, 15) is 9.59 Å². The van der Waals surface area contributed by atoms with E-state index >= 15 is 0 Å². The molecule has 0 saturated heterocycles. The lowest BCUT2D eigenvalue weighted by atomic mass is 9.99. The summed E-state index contributed by atoms with van der Waals surface area (Å²) in [6, 6.07) is 0. The normalized spacial score (nSPS) is 14.9. The van der Waals surface area contributed by atoms with Gasteiger partial charge in [0, 0.05) is 0 Å². The summed E-state index contributed by atoms with van der Waals surface area (Å²) in [6.07, 6.45) is 1.89. The molecule has 0 rings (SSSR count). The lowest BCUT2D eigenvalue weighted by Crippen LogP contribution is -2.49. The molecule has 0 aromatic carbocycles. The fourth-order valence-corrected chi connectivity index (χ4v) is 0.938. The Hall–Kier alpha value is -1.32. The number of aldehydes is 1. The lowest BCUT2D eigenvalue weighted by Gasteiger charge is -2.26. The van der Waals surface area contributed by atoms with Crippen molar-refractivity contribution in [2.45, 2.75) is 45.3 Å². The van der Waals surface area contributed by atoms with Crippen LogP contribution >= 0.6 is 0 Å². The van der Waals surface area contributed by atoms with E-state index in [1.807, 2.05) is 0 Å². The molecule has 4 heteroatoms. The Morgan fingerprint density at radius 1 is 1.47 bits per heavy atom. The van der Waals surface area contributed by atoms with Crippen LogP contribution in [0.1, 0.15) is 34.1 Å². The minimum absolute atomic E-state index is 0.444. The van der Waals surface area contributed by atoms with Crippen molar-refractivity contribution < 1.29 is 14.3 Å². The van der Waals surface area contributed by atoms with E-state index in [1.54, 1.807) is 27.7 Å². The number of ether oxygens (including phenoxy) is 1. The Morgan fingerprint density at radius 2 is 2.00 bits per heavy atom. The zero-order valence-electron chi connectivity index (χ0n) is 9.79. The molecule has 1 amide bonds. The Kier molecular flexibility index (Phi) is 4.52. The number of hydrogen-bond acceptors (Lipinski definition) is 3. The number of carbonyl (C=O) groups is 2. The van der Waals surface area contributed by atoms with Crippen molar-refractivity contribution in [1.29, 1.82) is 0 Å². The Balaban J connectivity index is 4.50. The fourth-order valence-electron chi connectivity index (χ4n) is 0.938. The molecule has 0 aliphatic carbocycles. The smallest absolute Gasteiger partial charge is 0.408 e. The second-order valence-electron chi connectivity index (χ2n) is 4.34. The summed E-state index contributed by atoms with van der Waals surface area (Å²) in [4.78, 5) is 22.3. The van der Waals surface area contributed by atoms with Gasteiger partial charge in [-0.3, -0.25) is 0 Å². The highest BCUT2D eigenvalue weighted by Gasteiger charge is 2.28. The monoisotopic (exact) mass is 213 g/mol. The van der Waals surface area contributed by atoms with E-state index in [0.717, 1.165) is 0 Å². The minimum Gasteiger partial charge on any atom is -0.444 e. The summed E-state index contributed by atoms with van der Waals surface area (Å²) >= 11 is 0. The quantitative estimate of drug-likeness (QED) is 0.574. The zero-order valence-corrected chi connectivity index (χ0v) is 9.79. The maximum atomic E-state index is 11.4. The minimum atomic E-state index is -1.03. The number of carbonyl (C=O) groups excluding carboxylic acids is 2. The zero-order chi connectivity index (χ0) is 12.1. The molecule has 0 fully saturated rings. The summed E-state index contributed by atoms with van der Waals surface area (Å²) in [5.74, 6) is 0. The highest BCUT2D eigenvalue weighted by Crippen LogP contribution is 2.11. The first-order chi connectivity index (χ1) is 6.78. The topological polar surface area (TPSA) is 55.4 Å². The first kappa shape index (κ1) is 13.7. The molecule has 0 aromatic heterocycles. The maximum absolute atomic E-state index is 11.4. The molecule has 4 nitrogen and oxygen atoms in total. The van der Waals surface area contributed by atoms with Crippen LogP contribution in [-0.2, 0) is 9.53 Å². The van der Waals surface area contributed by atoms with Gasteiger partial charge in [0.2, 0.25) is 0 Å². The van der Waals surface area contributed by atoms with Gasteiger partial charge in [0.25, 0.3) is 0 Å². The van der Waals surface area contributed by atoms with Gasteiger partial charge in [0.05, 0.1) is 0 Å². The summed E-state index contributed by atoms with van der Waals surface area (Å²) in [7, 11) is 0. The summed E-state index contributed by atoms with van der Waals surface area (Å²) in [5, 5.41) is 2.49. The van der Waals surface area contributed by atoms with Gasteiger partial charge in [-0.25, -0.2) is 4.79 Å². The summed E-state index contributed by atoms with van der Waals surface area (Å²) < 4.78 is 5.04. The second kappa shape index (κ2) is 4.96. The van der Waals surface area contributed by atoms with E-state index in [1.165, 1.54) is 6.08 Å². The maximum Gasteiger partial charge on any atom is 0.408 e.